The molecule has 0 spiro atoms. The van der Waals surface area contributed by atoms with Crippen molar-refractivity contribution in [2.45, 2.75) is 79.3 Å². The van der Waals surface area contributed by atoms with Crippen LogP contribution in [0.2, 0.25) is 27.0 Å². The number of rotatable bonds is 2. The summed E-state index contributed by atoms with van der Waals surface area (Å²) >= 11 is -1.86. The van der Waals surface area contributed by atoms with Crippen molar-refractivity contribution in [2.24, 2.45) is 5.92 Å². The molecule has 0 unspecified atom stereocenters. The third-order valence-corrected chi connectivity index (χ3v) is 12.9. The zero-order valence-corrected chi connectivity index (χ0v) is 16.0. The van der Waals surface area contributed by atoms with Crippen LogP contribution in [-0.2, 0) is 0 Å². The molecule has 0 radical (unpaired) electrons. The Bertz CT molecular complexity index is 316. The molecule has 2 heteroatoms. The van der Waals surface area contributed by atoms with Crippen molar-refractivity contribution < 1.29 is 0 Å². The Labute approximate surface area is 119 Å². The average molecular weight is 353 g/mol. The van der Waals surface area contributed by atoms with Crippen molar-refractivity contribution in [2.75, 3.05) is 0 Å². The second-order valence-electron chi connectivity index (χ2n) is 7.66. The standard InChI is InChI=1S/C13H22B.3CH3.Sn/c1-3-13-11-7-5-9-12(10-6-8-11)14(13)4-2;;;;/h11-12H,4-10H2,1-2H3;3*1H3;. The van der Waals surface area contributed by atoms with Crippen LogP contribution >= 0.6 is 0 Å². The van der Waals surface area contributed by atoms with Gasteiger partial charge in [0.05, 0.1) is 0 Å². The molecule has 2 aliphatic rings. The Morgan fingerprint density at radius 1 is 1.11 bits per heavy atom. The van der Waals surface area contributed by atoms with Gasteiger partial charge in [0.2, 0.25) is 0 Å². The summed E-state index contributed by atoms with van der Waals surface area (Å²) in [5.41, 5.74) is 1.99. The molecule has 2 aliphatic heterocycles. The maximum absolute atomic E-state index is 2.61. The molecule has 2 fully saturated rings. The Morgan fingerprint density at radius 3 is 2.11 bits per heavy atom. The first kappa shape index (κ1) is 15.0. The van der Waals surface area contributed by atoms with Crippen LogP contribution in [0.25, 0.3) is 0 Å². The van der Waals surface area contributed by atoms with E-state index in [4.69, 9.17) is 0 Å². The zero-order chi connectivity index (χ0) is 13.3. The van der Waals surface area contributed by atoms with Gasteiger partial charge in [-0.15, -0.1) is 0 Å². The molecule has 18 heavy (non-hydrogen) atoms. The molecule has 2 saturated heterocycles. The Balaban J connectivity index is 2.46. The minimum atomic E-state index is -1.86. The molecule has 2 bridgehead atoms. The van der Waals surface area contributed by atoms with Gasteiger partial charge >= 0.3 is 119 Å². The van der Waals surface area contributed by atoms with E-state index < -0.39 is 18.4 Å². The van der Waals surface area contributed by atoms with Crippen LogP contribution in [0.1, 0.15) is 52.4 Å². The van der Waals surface area contributed by atoms with Crippen LogP contribution in [0.4, 0.5) is 0 Å². The first-order chi connectivity index (χ1) is 8.45. The molecular formula is C16H31BSn. The van der Waals surface area contributed by atoms with Crippen molar-refractivity contribution in [1.82, 2.24) is 0 Å². The van der Waals surface area contributed by atoms with Gasteiger partial charge in [-0.05, 0) is 0 Å². The van der Waals surface area contributed by atoms with E-state index in [1.807, 2.05) is 9.06 Å². The van der Waals surface area contributed by atoms with E-state index in [9.17, 15) is 0 Å². The van der Waals surface area contributed by atoms with E-state index in [1.54, 1.807) is 0 Å². The van der Waals surface area contributed by atoms with Crippen LogP contribution in [-0.4, -0.2) is 25.1 Å². The molecule has 0 aromatic carbocycles. The van der Waals surface area contributed by atoms with Crippen LogP contribution in [0.15, 0.2) is 9.06 Å². The molecule has 0 aliphatic carbocycles. The first-order valence-corrected chi connectivity index (χ1v) is 18.1. The van der Waals surface area contributed by atoms with E-state index in [2.05, 4.69) is 28.7 Å². The molecule has 2 rings (SSSR count). The molecule has 0 aromatic heterocycles. The Kier molecular flexibility index (Phi) is 4.94. The summed E-state index contributed by atoms with van der Waals surface area (Å²) in [5.74, 6) is 2.00. The third-order valence-electron chi connectivity index (χ3n) is 5.66. The van der Waals surface area contributed by atoms with Gasteiger partial charge in [-0.3, -0.25) is 0 Å². The Hall–Kier alpha value is 0.604. The van der Waals surface area contributed by atoms with Gasteiger partial charge in [0, 0.05) is 0 Å². The van der Waals surface area contributed by atoms with Gasteiger partial charge < -0.3 is 0 Å². The van der Waals surface area contributed by atoms with Gasteiger partial charge in [-0.1, -0.05) is 0 Å². The predicted molar refractivity (Wildman–Crippen MR) is 87.2 cm³/mol. The zero-order valence-electron chi connectivity index (χ0n) is 13.2. The second-order valence-corrected chi connectivity index (χ2v) is 22.6. The summed E-state index contributed by atoms with van der Waals surface area (Å²) in [6.45, 7) is 5.92. The van der Waals surface area contributed by atoms with Crippen molar-refractivity contribution in [3.63, 3.8) is 0 Å². The van der Waals surface area contributed by atoms with Crippen molar-refractivity contribution in [3.8, 4) is 0 Å². The van der Waals surface area contributed by atoms with Crippen LogP contribution in [0.5, 0.6) is 0 Å². The van der Waals surface area contributed by atoms with Crippen LogP contribution in [0.3, 0.4) is 0 Å². The molecule has 0 N–H and O–H groups in total. The fourth-order valence-corrected chi connectivity index (χ4v) is 7.97. The van der Waals surface area contributed by atoms with E-state index in [0.717, 1.165) is 18.4 Å². The second kappa shape index (κ2) is 5.93. The third kappa shape index (κ3) is 3.02. The van der Waals surface area contributed by atoms with Gasteiger partial charge in [-0.2, -0.15) is 0 Å². The van der Waals surface area contributed by atoms with Crippen LogP contribution in [0, 0.1) is 5.92 Å². The van der Waals surface area contributed by atoms with Gasteiger partial charge in [-0.25, -0.2) is 0 Å². The predicted octanol–water partition coefficient (Wildman–Crippen LogP) is 5.59. The van der Waals surface area contributed by atoms with Gasteiger partial charge in [0.15, 0.2) is 0 Å². The summed E-state index contributed by atoms with van der Waals surface area (Å²) in [4.78, 5) is 7.83. The van der Waals surface area contributed by atoms with Crippen molar-refractivity contribution in [1.29, 1.82) is 0 Å². The van der Waals surface area contributed by atoms with E-state index in [0.29, 0.717) is 0 Å². The molecule has 2 heterocycles. The number of hydrogen-bond acceptors (Lipinski definition) is 0. The Morgan fingerprint density at radius 2 is 1.67 bits per heavy atom. The monoisotopic (exact) mass is 354 g/mol. The SMILES string of the molecule is CCB1/C(=[C](/C)[Sn]([CH3])([CH3])[CH3])C2CCCC1CCC2. The summed E-state index contributed by atoms with van der Waals surface area (Å²) in [7, 11) is 0. The molecule has 0 aromatic rings. The van der Waals surface area contributed by atoms with Crippen LogP contribution < -0.4 is 0 Å². The molecule has 0 amide bonds. The number of fused-ring (bicyclic) bond motifs is 3. The van der Waals surface area contributed by atoms with Crippen molar-refractivity contribution >= 4 is 25.1 Å². The fourth-order valence-electron chi connectivity index (χ4n) is 4.38. The minimum absolute atomic E-state index is 0.955. The molecule has 0 saturated carbocycles. The number of hydrogen-bond donors (Lipinski definition) is 0. The first-order valence-electron chi connectivity index (χ1n) is 8.16. The summed E-state index contributed by atoms with van der Waals surface area (Å²) < 4.78 is 1.93. The molecular weight excluding hydrogens is 322 g/mol. The summed E-state index contributed by atoms with van der Waals surface area (Å²) in [6.07, 6.45) is 10.4. The van der Waals surface area contributed by atoms with E-state index in [-0.39, 0.29) is 0 Å². The van der Waals surface area contributed by atoms with E-state index >= 15 is 0 Å². The quantitative estimate of drug-likeness (QED) is 0.568. The van der Waals surface area contributed by atoms with Crippen molar-refractivity contribution in [3.05, 3.63) is 9.06 Å². The normalized spacial score (nSPS) is 32.2. The summed E-state index contributed by atoms with van der Waals surface area (Å²) in [6, 6.07) is 0. The summed E-state index contributed by atoms with van der Waals surface area (Å²) in [5, 5.41) is 0. The average Bonchev–Trinajstić information content (AvgIpc) is 2.52. The molecule has 0 atom stereocenters. The molecule has 0 nitrogen and oxygen atoms in total. The van der Waals surface area contributed by atoms with Gasteiger partial charge in [0.1, 0.15) is 0 Å². The van der Waals surface area contributed by atoms with Gasteiger partial charge in [0.25, 0.3) is 0 Å². The molecule has 102 valence electrons. The number of allylic oxidation sites excluding steroid dienone is 2. The fraction of sp³-hybridized carbons (Fsp3) is 0.875. The maximum atomic E-state index is 2.61. The topological polar surface area (TPSA) is 0 Å². The van der Waals surface area contributed by atoms with E-state index in [1.165, 1.54) is 44.8 Å².